The van der Waals surface area contributed by atoms with Crippen LogP contribution < -0.4 is 5.32 Å². The van der Waals surface area contributed by atoms with Crippen molar-refractivity contribution >= 4 is 11.7 Å². The van der Waals surface area contributed by atoms with Gasteiger partial charge < -0.3 is 14.8 Å². The number of methoxy groups -OCH3 is 1. The molecule has 2 aromatic rings. The minimum atomic E-state index is -0.243. The molecule has 0 aliphatic heterocycles. The number of amides is 1. The Kier molecular flexibility index (Phi) is 5.73. The van der Waals surface area contributed by atoms with Crippen molar-refractivity contribution in [3.8, 4) is 0 Å². The third kappa shape index (κ3) is 4.31. The van der Waals surface area contributed by atoms with Crippen molar-refractivity contribution in [1.29, 1.82) is 0 Å². The maximum absolute atomic E-state index is 12.5. The Balaban J connectivity index is 1.61. The van der Waals surface area contributed by atoms with E-state index < -0.39 is 0 Å². The number of carbonyl (C=O) groups is 1. The second-order valence-electron chi connectivity index (χ2n) is 7.06. The van der Waals surface area contributed by atoms with Crippen molar-refractivity contribution in [2.45, 2.75) is 57.8 Å². The average molecular weight is 361 g/mol. The van der Waals surface area contributed by atoms with Crippen LogP contribution in [0, 0.1) is 0 Å². The summed E-state index contributed by atoms with van der Waals surface area (Å²) in [4.78, 5) is 12.5. The third-order valence-electron chi connectivity index (χ3n) is 4.58. The fourth-order valence-corrected chi connectivity index (χ4v) is 3.48. The van der Waals surface area contributed by atoms with Gasteiger partial charge in [0.15, 0.2) is 5.82 Å². The lowest BCUT2D eigenvalue weighted by Gasteiger charge is -2.14. The van der Waals surface area contributed by atoms with E-state index in [0.717, 1.165) is 25.0 Å². The smallest absolute Gasteiger partial charge is 0.275 e. The van der Waals surface area contributed by atoms with Gasteiger partial charge in [0, 0.05) is 31.8 Å². The van der Waals surface area contributed by atoms with Crippen LogP contribution in [0.25, 0.3) is 0 Å². The van der Waals surface area contributed by atoms with Crippen LogP contribution in [0.4, 0.5) is 5.82 Å². The molecule has 26 heavy (non-hydrogen) atoms. The molecular formula is C18H27N5O3. The van der Waals surface area contributed by atoms with Gasteiger partial charge in [-0.3, -0.25) is 14.6 Å². The molecule has 8 nitrogen and oxygen atoms in total. The number of aromatic amines is 1. The first-order valence-corrected chi connectivity index (χ1v) is 9.00. The molecule has 1 fully saturated rings. The number of nitrogens with one attached hydrogen (secondary N) is 2. The lowest BCUT2D eigenvalue weighted by molar-refractivity contribution is 0.0117. The van der Waals surface area contributed by atoms with E-state index in [9.17, 15) is 4.79 Å². The third-order valence-corrected chi connectivity index (χ3v) is 4.58. The molecule has 1 saturated carbocycles. The van der Waals surface area contributed by atoms with Crippen LogP contribution in [-0.4, -0.2) is 45.2 Å². The van der Waals surface area contributed by atoms with E-state index in [1.165, 1.54) is 0 Å². The summed E-state index contributed by atoms with van der Waals surface area (Å²) in [5, 5.41) is 14.4. The van der Waals surface area contributed by atoms with Crippen molar-refractivity contribution in [3.63, 3.8) is 0 Å². The Hall–Kier alpha value is -2.19. The monoisotopic (exact) mass is 361 g/mol. The Morgan fingerprint density at radius 1 is 1.42 bits per heavy atom. The molecule has 1 amide bonds. The van der Waals surface area contributed by atoms with E-state index in [1.807, 2.05) is 6.07 Å². The van der Waals surface area contributed by atoms with Gasteiger partial charge in [0.05, 0.1) is 24.5 Å². The van der Waals surface area contributed by atoms with Gasteiger partial charge in [-0.15, -0.1) is 0 Å². The normalized spacial score (nSPS) is 20.0. The second kappa shape index (κ2) is 8.01. The fourth-order valence-electron chi connectivity index (χ4n) is 3.48. The maximum Gasteiger partial charge on any atom is 0.275 e. The van der Waals surface area contributed by atoms with Crippen LogP contribution in [0.5, 0.6) is 0 Å². The lowest BCUT2D eigenvalue weighted by Crippen LogP contribution is -2.16. The first-order chi connectivity index (χ1) is 12.5. The first kappa shape index (κ1) is 18.6. The fraction of sp³-hybridized carbons (Fsp3) is 0.611. The summed E-state index contributed by atoms with van der Waals surface area (Å²) in [6, 6.07) is 3.63. The standard InChI is InChI=1S/C18H27N5O3/c1-11(2)26-14-6-5-12(7-14)15-9-17(21-20-15)19-18(24)16-8-13(10-25-4)22-23(16)3/h8-9,11-12,14H,5-7,10H2,1-4H3,(H2,19,20,21,24). The highest BCUT2D eigenvalue weighted by Crippen LogP contribution is 2.36. The quantitative estimate of drug-likeness (QED) is 0.790. The molecule has 2 unspecified atom stereocenters. The minimum Gasteiger partial charge on any atom is -0.378 e. The SMILES string of the molecule is COCc1cc(C(=O)Nc2cc(C3CCC(OC(C)C)C3)[nH]n2)n(C)n1. The van der Waals surface area contributed by atoms with Gasteiger partial charge >= 0.3 is 0 Å². The Morgan fingerprint density at radius 3 is 2.96 bits per heavy atom. The number of nitrogens with zero attached hydrogens (tertiary/aromatic N) is 3. The summed E-state index contributed by atoms with van der Waals surface area (Å²) in [5.41, 5.74) is 2.22. The van der Waals surface area contributed by atoms with Gasteiger partial charge in [0.25, 0.3) is 5.91 Å². The number of aromatic nitrogens is 4. The molecule has 2 heterocycles. The van der Waals surface area contributed by atoms with Gasteiger partial charge in [-0.1, -0.05) is 0 Å². The zero-order valence-electron chi connectivity index (χ0n) is 15.8. The minimum absolute atomic E-state index is 0.243. The zero-order chi connectivity index (χ0) is 18.7. The summed E-state index contributed by atoms with van der Waals surface area (Å²) in [5.74, 6) is 0.669. The van der Waals surface area contributed by atoms with Crippen LogP contribution in [0.2, 0.25) is 0 Å². The van der Waals surface area contributed by atoms with Crippen molar-refractivity contribution in [1.82, 2.24) is 20.0 Å². The molecule has 3 rings (SSSR count). The molecule has 0 saturated heterocycles. The number of anilines is 1. The molecule has 1 aliphatic rings. The molecule has 2 atom stereocenters. The molecule has 142 valence electrons. The van der Waals surface area contributed by atoms with E-state index >= 15 is 0 Å². The van der Waals surface area contributed by atoms with Crippen LogP contribution in [0.1, 0.15) is 60.9 Å². The predicted molar refractivity (Wildman–Crippen MR) is 97.1 cm³/mol. The van der Waals surface area contributed by atoms with Gasteiger partial charge in [-0.05, 0) is 39.2 Å². The van der Waals surface area contributed by atoms with E-state index in [4.69, 9.17) is 9.47 Å². The van der Waals surface area contributed by atoms with Crippen LogP contribution in [-0.2, 0) is 23.1 Å². The summed E-state index contributed by atoms with van der Waals surface area (Å²) < 4.78 is 12.5. The molecule has 1 aliphatic carbocycles. The van der Waals surface area contributed by atoms with Gasteiger partial charge in [-0.25, -0.2) is 0 Å². The molecule has 2 N–H and O–H groups in total. The molecule has 0 radical (unpaired) electrons. The van der Waals surface area contributed by atoms with Crippen molar-refractivity contribution < 1.29 is 14.3 Å². The molecular weight excluding hydrogens is 334 g/mol. The molecule has 0 aromatic carbocycles. The number of ether oxygens (including phenoxy) is 2. The van der Waals surface area contributed by atoms with E-state index in [1.54, 1.807) is 24.9 Å². The number of rotatable bonds is 7. The highest BCUT2D eigenvalue weighted by atomic mass is 16.5. The van der Waals surface area contributed by atoms with Crippen molar-refractivity contribution in [3.05, 3.63) is 29.2 Å². The highest BCUT2D eigenvalue weighted by molar-refractivity contribution is 6.02. The number of aryl methyl sites for hydroxylation is 1. The van der Waals surface area contributed by atoms with Crippen LogP contribution in [0.15, 0.2) is 12.1 Å². The number of hydrogen-bond donors (Lipinski definition) is 2. The van der Waals surface area contributed by atoms with Gasteiger partial charge in [0.2, 0.25) is 0 Å². The molecule has 8 heteroatoms. The van der Waals surface area contributed by atoms with Crippen molar-refractivity contribution in [2.75, 3.05) is 12.4 Å². The summed E-state index contributed by atoms with van der Waals surface area (Å²) in [6.45, 7) is 4.50. The predicted octanol–water partition coefficient (Wildman–Crippen LogP) is 2.60. The topological polar surface area (TPSA) is 94.1 Å². The lowest BCUT2D eigenvalue weighted by atomic mass is 10.0. The highest BCUT2D eigenvalue weighted by Gasteiger charge is 2.28. The maximum atomic E-state index is 12.5. The molecule has 0 bridgehead atoms. The van der Waals surface area contributed by atoms with Gasteiger partial charge in [-0.2, -0.15) is 10.2 Å². The summed E-state index contributed by atoms with van der Waals surface area (Å²) in [7, 11) is 3.33. The Morgan fingerprint density at radius 2 is 2.23 bits per heavy atom. The van der Waals surface area contributed by atoms with E-state index in [0.29, 0.717) is 35.8 Å². The van der Waals surface area contributed by atoms with Gasteiger partial charge in [0.1, 0.15) is 5.69 Å². The number of hydrogen-bond acceptors (Lipinski definition) is 5. The van der Waals surface area contributed by atoms with E-state index in [2.05, 4.69) is 34.5 Å². The summed E-state index contributed by atoms with van der Waals surface area (Å²) >= 11 is 0. The Bertz CT molecular complexity index is 752. The number of carbonyl (C=O) groups excluding carboxylic acids is 1. The van der Waals surface area contributed by atoms with Crippen LogP contribution in [0.3, 0.4) is 0 Å². The molecule has 0 spiro atoms. The van der Waals surface area contributed by atoms with Crippen molar-refractivity contribution in [2.24, 2.45) is 7.05 Å². The summed E-state index contributed by atoms with van der Waals surface area (Å²) in [6.07, 6.45) is 3.65. The average Bonchev–Trinajstić information content (AvgIpc) is 3.27. The zero-order valence-corrected chi connectivity index (χ0v) is 15.8. The largest absolute Gasteiger partial charge is 0.378 e. The number of H-pyrrole nitrogens is 1. The van der Waals surface area contributed by atoms with Crippen LogP contribution >= 0.6 is 0 Å². The first-order valence-electron chi connectivity index (χ1n) is 9.00. The van der Waals surface area contributed by atoms with E-state index in [-0.39, 0.29) is 12.0 Å². The second-order valence-corrected chi connectivity index (χ2v) is 7.06. The molecule has 2 aromatic heterocycles. The Labute approximate surface area is 153 Å².